The third-order valence-electron chi connectivity index (χ3n) is 2.70. The van der Waals surface area contributed by atoms with Gasteiger partial charge in [-0.15, -0.1) is 0 Å². The summed E-state index contributed by atoms with van der Waals surface area (Å²) in [5, 5.41) is 5.87. The van der Waals surface area contributed by atoms with Crippen molar-refractivity contribution >= 4 is 17.5 Å². The van der Waals surface area contributed by atoms with Gasteiger partial charge in [-0.25, -0.2) is 15.0 Å². The van der Waals surface area contributed by atoms with Crippen molar-refractivity contribution < 1.29 is 4.79 Å². The van der Waals surface area contributed by atoms with Crippen LogP contribution in [0.3, 0.4) is 0 Å². The molecule has 6 heteroatoms. The van der Waals surface area contributed by atoms with Crippen LogP contribution in [0.25, 0.3) is 0 Å². The van der Waals surface area contributed by atoms with Crippen molar-refractivity contribution in [1.29, 1.82) is 0 Å². The topological polar surface area (TPSA) is 79.8 Å². The van der Waals surface area contributed by atoms with E-state index in [4.69, 9.17) is 0 Å². The Balaban J connectivity index is 1.80. The number of aryl methyl sites for hydroxylation is 2. The Labute approximate surface area is 117 Å². The molecule has 0 bridgehead atoms. The van der Waals surface area contributed by atoms with Gasteiger partial charge in [0, 0.05) is 25.4 Å². The summed E-state index contributed by atoms with van der Waals surface area (Å²) in [4.78, 5) is 24.1. The molecule has 0 saturated heterocycles. The summed E-state index contributed by atoms with van der Waals surface area (Å²) < 4.78 is 0. The van der Waals surface area contributed by atoms with Gasteiger partial charge in [-0.1, -0.05) is 6.07 Å². The van der Waals surface area contributed by atoms with Gasteiger partial charge in [0.05, 0.1) is 0 Å². The maximum absolute atomic E-state index is 11.8. The third kappa shape index (κ3) is 4.01. The summed E-state index contributed by atoms with van der Waals surface area (Å²) in [6, 6.07) is 5.52. The highest BCUT2D eigenvalue weighted by Gasteiger charge is 2.05. The monoisotopic (exact) mass is 271 g/mol. The molecule has 2 aromatic rings. The summed E-state index contributed by atoms with van der Waals surface area (Å²) in [6.07, 6.45) is 3.69. The highest BCUT2D eigenvalue weighted by molar-refractivity contribution is 5.90. The largest absolute Gasteiger partial charge is 0.369 e. The first-order chi connectivity index (χ1) is 9.65. The first kappa shape index (κ1) is 13.9. The van der Waals surface area contributed by atoms with Crippen LogP contribution in [0, 0.1) is 13.8 Å². The average Bonchev–Trinajstić information content (AvgIpc) is 2.41. The van der Waals surface area contributed by atoms with E-state index in [0.29, 0.717) is 24.6 Å². The normalized spacial score (nSPS) is 10.1. The SMILES string of the molecule is Cc1nccc(NCCC(=O)Nc2ncccc2C)n1. The van der Waals surface area contributed by atoms with Gasteiger partial charge in [0.1, 0.15) is 17.5 Å². The predicted molar refractivity (Wildman–Crippen MR) is 77.5 cm³/mol. The standard InChI is InChI=1S/C14H17N5O/c1-10-4-3-7-17-14(10)19-13(20)6-9-16-12-5-8-15-11(2)18-12/h3-5,7-8H,6,9H2,1-2H3,(H,15,16,18)(H,17,19,20). The van der Waals surface area contributed by atoms with Crippen LogP contribution < -0.4 is 10.6 Å². The minimum atomic E-state index is -0.0786. The van der Waals surface area contributed by atoms with Crippen LogP contribution in [0.4, 0.5) is 11.6 Å². The van der Waals surface area contributed by atoms with Crippen molar-refractivity contribution in [1.82, 2.24) is 15.0 Å². The minimum absolute atomic E-state index is 0.0786. The number of nitrogens with one attached hydrogen (secondary N) is 2. The molecule has 0 saturated carbocycles. The van der Waals surface area contributed by atoms with Crippen molar-refractivity contribution in [3.63, 3.8) is 0 Å². The van der Waals surface area contributed by atoms with E-state index in [1.165, 1.54) is 0 Å². The lowest BCUT2D eigenvalue weighted by atomic mass is 10.3. The molecular weight excluding hydrogens is 254 g/mol. The number of aromatic nitrogens is 3. The summed E-state index contributed by atoms with van der Waals surface area (Å²) in [5.74, 6) is 1.95. The van der Waals surface area contributed by atoms with Gasteiger partial charge in [-0.05, 0) is 31.5 Å². The molecule has 0 unspecified atom stereocenters. The average molecular weight is 271 g/mol. The van der Waals surface area contributed by atoms with Gasteiger partial charge in [0.15, 0.2) is 0 Å². The van der Waals surface area contributed by atoms with Crippen LogP contribution in [-0.2, 0) is 4.79 Å². The molecule has 0 spiro atoms. The molecule has 0 aliphatic carbocycles. The number of carbonyl (C=O) groups is 1. The summed E-state index contributed by atoms with van der Waals surface area (Å²) in [6.45, 7) is 4.24. The Morgan fingerprint density at radius 1 is 1.20 bits per heavy atom. The summed E-state index contributed by atoms with van der Waals surface area (Å²) in [7, 11) is 0. The number of hydrogen-bond donors (Lipinski definition) is 2. The maximum atomic E-state index is 11.8. The Morgan fingerprint density at radius 3 is 2.80 bits per heavy atom. The van der Waals surface area contributed by atoms with Gasteiger partial charge in [-0.3, -0.25) is 4.79 Å². The number of pyridine rings is 1. The third-order valence-corrected chi connectivity index (χ3v) is 2.70. The molecule has 0 aliphatic rings. The van der Waals surface area contributed by atoms with Crippen molar-refractivity contribution in [2.24, 2.45) is 0 Å². The molecule has 2 N–H and O–H groups in total. The van der Waals surface area contributed by atoms with Crippen LogP contribution in [0.15, 0.2) is 30.6 Å². The number of rotatable bonds is 5. The Kier molecular flexibility index (Phi) is 4.60. The molecule has 0 aromatic carbocycles. The molecule has 2 heterocycles. The van der Waals surface area contributed by atoms with Crippen molar-refractivity contribution in [2.75, 3.05) is 17.2 Å². The lowest BCUT2D eigenvalue weighted by Gasteiger charge is -2.08. The lowest BCUT2D eigenvalue weighted by Crippen LogP contribution is -2.17. The van der Waals surface area contributed by atoms with Gasteiger partial charge in [0.25, 0.3) is 0 Å². The number of amides is 1. The first-order valence-electron chi connectivity index (χ1n) is 6.40. The fourth-order valence-corrected chi connectivity index (χ4v) is 1.67. The van der Waals surface area contributed by atoms with Gasteiger partial charge >= 0.3 is 0 Å². The smallest absolute Gasteiger partial charge is 0.227 e. The van der Waals surface area contributed by atoms with Crippen LogP contribution in [0.5, 0.6) is 0 Å². The van der Waals surface area contributed by atoms with E-state index in [1.54, 1.807) is 18.5 Å². The lowest BCUT2D eigenvalue weighted by molar-refractivity contribution is -0.116. The van der Waals surface area contributed by atoms with Gasteiger partial charge in [0.2, 0.25) is 5.91 Å². The van der Waals surface area contributed by atoms with E-state index in [0.717, 1.165) is 11.4 Å². The molecule has 0 radical (unpaired) electrons. The zero-order chi connectivity index (χ0) is 14.4. The van der Waals surface area contributed by atoms with Crippen molar-refractivity contribution in [2.45, 2.75) is 20.3 Å². The molecule has 2 rings (SSSR count). The molecule has 1 amide bonds. The Bertz CT molecular complexity index is 600. The summed E-state index contributed by atoms with van der Waals surface area (Å²) in [5.41, 5.74) is 0.945. The fraction of sp³-hybridized carbons (Fsp3) is 0.286. The Hall–Kier alpha value is -2.50. The number of anilines is 2. The van der Waals surface area contributed by atoms with E-state index >= 15 is 0 Å². The predicted octanol–water partition coefficient (Wildman–Crippen LogP) is 1.93. The molecule has 6 nitrogen and oxygen atoms in total. The summed E-state index contributed by atoms with van der Waals surface area (Å²) >= 11 is 0. The highest BCUT2D eigenvalue weighted by Crippen LogP contribution is 2.09. The maximum Gasteiger partial charge on any atom is 0.227 e. The van der Waals surface area contributed by atoms with Crippen LogP contribution in [0.2, 0.25) is 0 Å². The van der Waals surface area contributed by atoms with E-state index < -0.39 is 0 Å². The molecule has 2 aromatic heterocycles. The van der Waals surface area contributed by atoms with Crippen molar-refractivity contribution in [3.8, 4) is 0 Å². The van der Waals surface area contributed by atoms with Crippen LogP contribution in [-0.4, -0.2) is 27.4 Å². The number of carbonyl (C=O) groups excluding carboxylic acids is 1. The van der Waals surface area contributed by atoms with Gasteiger partial charge < -0.3 is 10.6 Å². The zero-order valence-electron chi connectivity index (χ0n) is 11.6. The first-order valence-corrected chi connectivity index (χ1v) is 6.40. The molecule has 0 aliphatic heterocycles. The number of hydrogen-bond acceptors (Lipinski definition) is 5. The second-order valence-electron chi connectivity index (χ2n) is 4.38. The Morgan fingerprint density at radius 2 is 2.05 bits per heavy atom. The minimum Gasteiger partial charge on any atom is -0.369 e. The quantitative estimate of drug-likeness (QED) is 0.868. The second-order valence-corrected chi connectivity index (χ2v) is 4.38. The molecule has 0 atom stereocenters. The highest BCUT2D eigenvalue weighted by atomic mass is 16.1. The van der Waals surface area contributed by atoms with E-state index in [-0.39, 0.29) is 5.91 Å². The molecular formula is C14H17N5O. The second kappa shape index (κ2) is 6.60. The van der Waals surface area contributed by atoms with E-state index in [1.807, 2.05) is 26.0 Å². The molecule has 0 fully saturated rings. The number of nitrogens with zero attached hydrogens (tertiary/aromatic N) is 3. The van der Waals surface area contributed by atoms with Crippen LogP contribution in [0.1, 0.15) is 17.8 Å². The fourth-order valence-electron chi connectivity index (χ4n) is 1.67. The molecule has 20 heavy (non-hydrogen) atoms. The van der Waals surface area contributed by atoms with Gasteiger partial charge in [-0.2, -0.15) is 0 Å². The van der Waals surface area contributed by atoms with Crippen LogP contribution >= 0.6 is 0 Å². The van der Waals surface area contributed by atoms with E-state index in [2.05, 4.69) is 25.6 Å². The molecule has 104 valence electrons. The van der Waals surface area contributed by atoms with E-state index in [9.17, 15) is 4.79 Å². The van der Waals surface area contributed by atoms with Crippen molar-refractivity contribution in [3.05, 3.63) is 42.0 Å². The zero-order valence-corrected chi connectivity index (χ0v) is 11.6.